The van der Waals surface area contributed by atoms with Crippen LogP contribution in [0.4, 0.5) is 17.5 Å². The van der Waals surface area contributed by atoms with Crippen molar-refractivity contribution >= 4 is 23.1 Å². The first-order valence-electron chi connectivity index (χ1n) is 13.1. The van der Waals surface area contributed by atoms with E-state index in [-0.39, 0.29) is 0 Å². The predicted molar refractivity (Wildman–Crippen MR) is 161 cm³/mol. The van der Waals surface area contributed by atoms with E-state index in [1.807, 2.05) is 74.8 Å². The van der Waals surface area contributed by atoms with E-state index in [0.717, 1.165) is 68.9 Å². The van der Waals surface area contributed by atoms with Crippen LogP contribution in [-0.2, 0) is 6.54 Å². The summed E-state index contributed by atoms with van der Waals surface area (Å²) in [6, 6.07) is 17.0. The average Bonchev–Trinajstić information content (AvgIpc) is 3.23. The Morgan fingerprint density at radius 3 is 2.03 bits per heavy atom. The molecule has 0 N–H and O–H groups in total. The molecule has 0 radical (unpaired) electrons. The lowest BCUT2D eigenvalue weighted by Gasteiger charge is -2.21. The number of aryl methyl sites for hydroxylation is 3. The maximum absolute atomic E-state index is 4.93. The molecular weight excluding hydrogens is 484 g/mol. The van der Waals surface area contributed by atoms with Gasteiger partial charge in [-0.05, 0) is 55.7 Å². The number of hydrogen-bond donors (Lipinski definition) is 0. The van der Waals surface area contributed by atoms with E-state index in [4.69, 9.17) is 10.1 Å². The summed E-state index contributed by atoms with van der Waals surface area (Å²) in [6.07, 6.45) is 3.86. The molecule has 0 aliphatic heterocycles. The van der Waals surface area contributed by atoms with Crippen LogP contribution >= 0.6 is 0 Å². The predicted octanol–water partition coefficient (Wildman–Crippen LogP) is 5.55. The van der Waals surface area contributed by atoms with Crippen molar-refractivity contribution < 1.29 is 0 Å². The number of aromatic nitrogens is 5. The minimum atomic E-state index is 0.739. The molecule has 0 aliphatic carbocycles. The van der Waals surface area contributed by atoms with Crippen LogP contribution in [0.25, 0.3) is 27.9 Å². The summed E-state index contributed by atoms with van der Waals surface area (Å²) in [5.74, 6) is 2.88. The maximum Gasteiger partial charge on any atom is 0.165 e. The molecule has 8 heteroatoms. The van der Waals surface area contributed by atoms with Gasteiger partial charge in [0.05, 0.1) is 11.3 Å². The zero-order chi connectivity index (χ0) is 27.8. The highest BCUT2D eigenvalue weighted by Gasteiger charge is 2.20. The molecule has 8 nitrogen and oxygen atoms in total. The quantitative estimate of drug-likeness (QED) is 0.279. The first kappa shape index (κ1) is 26.2. The normalized spacial score (nSPS) is 11.2. The summed E-state index contributed by atoms with van der Waals surface area (Å²) in [5, 5.41) is 4.93. The molecule has 0 amide bonds. The second kappa shape index (κ2) is 10.4. The number of fused-ring (bicyclic) bond motifs is 1. The van der Waals surface area contributed by atoms with E-state index in [9.17, 15) is 0 Å². The van der Waals surface area contributed by atoms with E-state index in [1.165, 1.54) is 5.56 Å². The van der Waals surface area contributed by atoms with Crippen molar-refractivity contribution in [3.8, 4) is 22.3 Å². The monoisotopic (exact) mass is 520 g/mol. The first-order chi connectivity index (χ1) is 18.6. The molecule has 5 aromatic rings. The molecule has 4 aromatic heterocycles. The Morgan fingerprint density at radius 1 is 0.744 bits per heavy atom. The van der Waals surface area contributed by atoms with Gasteiger partial charge in [-0.1, -0.05) is 24.3 Å². The Bertz CT molecular complexity index is 1620. The summed E-state index contributed by atoms with van der Waals surface area (Å²) in [6.45, 7) is 6.93. The van der Waals surface area contributed by atoms with Gasteiger partial charge in [0.1, 0.15) is 17.5 Å². The molecule has 0 aliphatic rings. The fourth-order valence-electron chi connectivity index (χ4n) is 4.84. The zero-order valence-electron chi connectivity index (χ0n) is 24.1. The van der Waals surface area contributed by atoms with E-state index < -0.39 is 0 Å². The number of anilines is 3. The molecule has 0 unspecified atom stereocenters. The lowest BCUT2D eigenvalue weighted by molar-refractivity contribution is 0.821. The van der Waals surface area contributed by atoms with Gasteiger partial charge in [-0.15, -0.1) is 0 Å². The summed E-state index contributed by atoms with van der Waals surface area (Å²) >= 11 is 0. The van der Waals surface area contributed by atoms with Crippen LogP contribution < -0.4 is 14.7 Å². The highest BCUT2D eigenvalue weighted by Crippen LogP contribution is 2.33. The molecule has 4 heterocycles. The average molecular weight is 521 g/mol. The Morgan fingerprint density at radius 2 is 1.41 bits per heavy atom. The number of benzene rings is 1. The number of rotatable bonds is 7. The summed E-state index contributed by atoms with van der Waals surface area (Å²) < 4.78 is 1.96. The molecule has 0 spiro atoms. The molecule has 39 heavy (non-hydrogen) atoms. The van der Waals surface area contributed by atoms with Crippen molar-refractivity contribution in [2.45, 2.75) is 27.3 Å². The van der Waals surface area contributed by atoms with Crippen LogP contribution in [0.5, 0.6) is 0 Å². The van der Waals surface area contributed by atoms with Gasteiger partial charge in [0.15, 0.2) is 5.65 Å². The SMILES string of the molecule is Cc1cc(N(C)Cc2ccc(-c3ccc(N(C)C)nc3)cc2)n2nc(C)c(-c3cnc(N(C)C)cc3C)c2n1. The smallest absolute Gasteiger partial charge is 0.165 e. The van der Waals surface area contributed by atoms with Crippen LogP contribution in [0.2, 0.25) is 0 Å². The Labute approximate surface area is 230 Å². The van der Waals surface area contributed by atoms with Crippen molar-refractivity contribution in [3.63, 3.8) is 0 Å². The molecule has 0 saturated carbocycles. The topological polar surface area (TPSA) is 65.7 Å². The molecule has 1 aromatic carbocycles. The lowest BCUT2D eigenvalue weighted by atomic mass is 10.0. The summed E-state index contributed by atoms with van der Waals surface area (Å²) in [5.41, 5.74) is 9.44. The van der Waals surface area contributed by atoms with Crippen molar-refractivity contribution in [1.29, 1.82) is 0 Å². The van der Waals surface area contributed by atoms with Crippen molar-refractivity contribution in [3.05, 3.63) is 83.4 Å². The van der Waals surface area contributed by atoms with Crippen LogP contribution in [0.15, 0.2) is 60.9 Å². The van der Waals surface area contributed by atoms with Crippen LogP contribution in [0, 0.1) is 20.8 Å². The van der Waals surface area contributed by atoms with Crippen LogP contribution in [0.3, 0.4) is 0 Å². The molecule has 0 bridgehead atoms. The van der Waals surface area contributed by atoms with E-state index in [1.54, 1.807) is 0 Å². The lowest BCUT2D eigenvalue weighted by Crippen LogP contribution is -2.20. The van der Waals surface area contributed by atoms with Gasteiger partial charge in [-0.3, -0.25) is 0 Å². The number of pyridine rings is 2. The summed E-state index contributed by atoms with van der Waals surface area (Å²) in [4.78, 5) is 20.4. The van der Waals surface area contributed by atoms with Crippen molar-refractivity contribution in [2.24, 2.45) is 0 Å². The molecule has 0 fully saturated rings. The molecular formula is C31H36N8. The number of nitrogens with zero attached hydrogens (tertiary/aromatic N) is 8. The largest absolute Gasteiger partial charge is 0.363 e. The third kappa shape index (κ3) is 5.14. The Kier molecular flexibility index (Phi) is 6.95. The Hall–Kier alpha value is -4.46. The minimum absolute atomic E-state index is 0.739. The third-order valence-electron chi connectivity index (χ3n) is 7.00. The molecule has 5 rings (SSSR count). The summed E-state index contributed by atoms with van der Waals surface area (Å²) in [7, 11) is 10.1. The van der Waals surface area contributed by atoms with Crippen molar-refractivity contribution in [1.82, 2.24) is 24.6 Å². The van der Waals surface area contributed by atoms with E-state index in [0.29, 0.717) is 0 Å². The fraction of sp³-hybridized carbons (Fsp3) is 0.290. The zero-order valence-corrected chi connectivity index (χ0v) is 24.1. The van der Waals surface area contributed by atoms with Crippen molar-refractivity contribution in [2.75, 3.05) is 49.9 Å². The first-order valence-corrected chi connectivity index (χ1v) is 13.1. The van der Waals surface area contributed by atoms with E-state index in [2.05, 4.69) is 71.3 Å². The second-order valence-electron chi connectivity index (χ2n) is 10.6. The highest BCUT2D eigenvalue weighted by molar-refractivity contribution is 5.83. The molecule has 200 valence electrons. The van der Waals surface area contributed by atoms with Crippen LogP contribution in [0.1, 0.15) is 22.5 Å². The third-order valence-corrected chi connectivity index (χ3v) is 7.00. The highest BCUT2D eigenvalue weighted by atomic mass is 15.3. The van der Waals surface area contributed by atoms with Gasteiger partial charge in [-0.25, -0.2) is 15.0 Å². The van der Waals surface area contributed by atoms with Gasteiger partial charge >= 0.3 is 0 Å². The Balaban J connectivity index is 1.44. The van der Waals surface area contributed by atoms with Gasteiger partial charge in [0.2, 0.25) is 0 Å². The number of hydrogen-bond acceptors (Lipinski definition) is 7. The molecule has 0 atom stereocenters. The van der Waals surface area contributed by atoms with Gasteiger partial charge < -0.3 is 14.7 Å². The van der Waals surface area contributed by atoms with E-state index >= 15 is 0 Å². The minimum Gasteiger partial charge on any atom is -0.363 e. The maximum atomic E-state index is 4.93. The standard InChI is InChI=1S/C31H36N8/c1-20-15-28(37(6)7)33-18-26(20)30-22(3)35-39-29(16-21(2)34-31(30)39)38(8)19-23-9-11-24(12-10-23)25-13-14-27(32-17-25)36(4)5/h9-18H,19H2,1-8H3. The van der Waals surface area contributed by atoms with Crippen LogP contribution in [-0.4, -0.2) is 59.8 Å². The molecule has 0 saturated heterocycles. The van der Waals surface area contributed by atoms with Gasteiger partial charge in [-0.2, -0.15) is 9.61 Å². The second-order valence-corrected chi connectivity index (χ2v) is 10.6. The van der Waals surface area contributed by atoms with Gasteiger partial charge in [0.25, 0.3) is 0 Å². The van der Waals surface area contributed by atoms with Gasteiger partial charge in [0, 0.05) is 77.1 Å². The fourth-order valence-corrected chi connectivity index (χ4v) is 4.84.